The molecule has 0 aliphatic heterocycles. The summed E-state index contributed by atoms with van der Waals surface area (Å²) in [6, 6.07) is 13.7. The van der Waals surface area contributed by atoms with Crippen molar-refractivity contribution in [3.63, 3.8) is 0 Å². The Morgan fingerprint density at radius 3 is 2.61 bits per heavy atom. The van der Waals surface area contributed by atoms with Crippen molar-refractivity contribution in [2.24, 2.45) is 0 Å². The van der Waals surface area contributed by atoms with E-state index in [-0.39, 0.29) is 16.9 Å². The molecule has 0 atom stereocenters. The lowest BCUT2D eigenvalue weighted by Crippen LogP contribution is -2.14. The number of carbonyl (C=O) groups excluding carboxylic acids is 2. The van der Waals surface area contributed by atoms with Crippen LogP contribution in [0.4, 0.5) is 5.69 Å². The van der Waals surface area contributed by atoms with Crippen LogP contribution in [-0.4, -0.2) is 42.0 Å². The van der Waals surface area contributed by atoms with Gasteiger partial charge in [-0.25, -0.2) is 4.79 Å². The number of amides is 1. The molecular formula is C19H17N3O5S. The van der Waals surface area contributed by atoms with Gasteiger partial charge in [0.25, 0.3) is 5.22 Å². The van der Waals surface area contributed by atoms with Crippen LogP contribution in [0.15, 0.2) is 58.2 Å². The van der Waals surface area contributed by atoms with Crippen molar-refractivity contribution in [1.82, 2.24) is 10.2 Å². The number of anilines is 1. The second-order valence-electron chi connectivity index (χ2n) is 5.51. The number of thioether (sulfide) groups is 1. The Kier molecular flexibility index (Phi) is 6.28. The van der Waals surface area contributed by atoms with Gasteiger partial charge in [-0.2, -0.15) is 0 Å². The summed E-state index contributed by atoms with van der Waals surface area (Å²) in [6.45, 7) is 0. The van der Waals surface area contributed by atoms with Gasteiger partial charge < -0.3 is 19.2 Å². The maximum Gasteiger partial charge on any atom is 0.337 e. The number of methoxy groups -OCH3 is 2. The highest BCUT2D eigenvalue weighted by molar-refractivity contribution is 7.99. The first kappa shape index (κ1) is 19.4. The first-order chi connectivity index (χ1) is 13.6. The lowest BCUT2D eigenvalue weighted by Gasteiger charge is -2.05. The summed E-state index contributed by atoms with van der Waals surface area (Å²) in [5.41, 5.74) is 1.71. The molecule has 3 aromatic rings. The molecule has 8 nitrogen and oxygen atoms in total. The molecule has 1 N–H and O–H groups in total. The molecule has 9 heteroatoms. The maximum absolute atomic E-state index is 12.1. The largest absolute Gasteiger partial charge is 0.497 e. The monoisotopic (exact) mass is 399 g/mol. The maximum atomic E-state index is 12.1. The van der Waals surface area contributed by atoms with Crippen LogP contribution in [0.1, 0.15) is 10.4 Å². The number of esters is 1. The van der Waals surface area contributed by atoms with E-state index in [4.69, 9.17) is 9.15 Å². The second kappa shape index (κ2) is 9.05. The highest BCUT2D eigenvalue weighted by Crippen LogP contribution is 2.26. The fraction of sp³-hybridized carbons (Fsp3) is 0.158. The van der Waals surface area contributed by atoms with E-state index in [0.717, 1.165) is 17.3 Å². The highest BCUT2D eigenvalue weighted by Gasteiger charge is 2.12. The van der Waals surface area contributed by atoms with E-state index >= 15 is 0 Å². The Balaban J connectivity index is 1.55. The Morgan fingerprint density at radius 2 is 1.89 bits per heavy atom. The summed E-state index contributed by atoms with van der Waals surface area (Å²) in [5.74, 6) is 0.453. The second-order valence-corrected chi connectivity index (χ2v) is 6.44. The van der Waals surface area contributed by atoms with Crippen molar-refractivity contribution in [1.29, 1.82) is 0 Å². The number of hydrogen-bond donors (Lipinski definition) is 1. The summed E-state index contributed by atoms with van der Waals surface area (Å²) >= 11 is 1.13. The van der Waals surface area contributed by atoms with Gasteiger partial charge in [0.05, 0.1) is 25.5 Å². The van der Waals surface area contributed by atoms with Crippen LogP contribution in [-0.2, 0) is 9.53 Å². The fourth-order valence-corrected chi connectivity index (χ4v) is 2.84. The molecule has 0 aliphatic rings. The summed E-state index contributed by atoms with van der Waals surface area (Å²) in [6.07, 6.45) is 0. The third kappa shape index (κ3) is 4.89. The van der Waals surface area contributed by atoms with Gasteiger partial charge in [0.15, 0.2) is 0 Å². The van der Waals surface area contributed by atoms with Crippen LogP contribution in [0, 0.1) is 0 Å². The van der Waals surface area contributed by atoms with Crippen LogP contribution in [0.25, 0.3) is 11.5 Å². The molecule has 3 rings (SSSR count). The van der Waals surface area contributed by atoms with Gasteiger partial charge in [-0.05, 0) is 42.5 Å². The number of hydrogen-bond acceptors (Lipinski definition) is 8. The van der Waals surface area contributed by atoms with Crippen molar-refractivity contribution in [3.05, 3.63) is 54.1 Å². The summed E-state index contributed by atoms with van der Waals surface area (Å²) < 4.78 is 15.4. The molecule has 0 fully saturated rings. The topological polar surface area (TPSA) is 104 Å². The van der Waals surface area contributed by atoms with Crippen molar-refractivity contribution < 1.29 is 23.5 Å². The zero-order valence-corrected chi connectivity index (χ0v) is 16.0. The van der Waals surface area contributed by atoms with Crippen molar-refractivity contribution in [2.75, 3.05) is 25.3 Å². The lowest BCUT2D eigenvalue weighted by molar-refractivity contribution is -0.113. The minimum atomic E-state index is -0.434. The molecule has 0 aliphatic carbocycles. The average Bonchev–Trinajstić information content (AvgIpc) is 3.21. The number of aromatic nitrogens is 2. The smallest absolute Gasteiger partial charge is 0.337 e. The molecule has 0 radical (unpaired) electrons. The molecule has 0 unspecified atom stereocenters. The highest BCUT2D eigenvalue weighted by atomic mass is 32.2. The number of benzene rings is 2. The van der Waals surface area contributed by atoms with Crippen molar-refractivity contribution in [2.45, 2.75) is 5.22 Å². The summed E-state index contributed by atoms with van der Waals surface area (Å²) in [5, 5.41) is 10.9. The van der Waals surface area contributed by atoms with E-state index in [0.29, 0.717) is 22.9 Å². The first-order valence-corrected chi connectivity index (χ1v) is 9.16. The Labute approximate surface area is 165 Å². The van der Waals surface area contributed by atoms with Crippen molar-refractivity contribution in [3.8, 4) is 17.2 Å². The van der Waals surface area contributed by atoms with Gasteiger partial charge in [-0.1, -0.05) is 17.8 Å². The Bertz CT molecular complexity index is 972. The van der Waals surface area contributed by atoms with Gasteiger partial charge in [0.1, 0.15) is 5.75 Å². The number of carbonyl (C=O) groups is 2. The molecule has 0 saturated heterocycles. The molecule has 0 spiro atoms. The van der Waals surface area contributed by atoms with Gasteiger partial charge in [-0.15, -0.1) is 10.2 Å². The molecule has 0 bridgehead atoms. The molecule has 1 heterocycles. The standard InChI is InChI=1S/C19H17N3O5S/c1-25-15-5-3-4-13(10-15)17-21-22-19(27-17)28-11-16(23)20-14-8-6-12(7-9-14)18(24)26-2/h3-10H,11H2,1-2H3,(H,20,23). The third-order valence-electron chi connectivity index (χ3n) is 3.64. The SMILES string of the molecule is COC(=O)c1ccc(NC(=O)CSc2nnc(-c3cccc(OC)c3)o2)cc1. The first-order valence-electron chi connectivity index (χ1n) is 8.18. The Hall–Kier alpha value is -3.33. The summed E-state index contributed by atoms with van der Waals surface area (Å²) in [4.78, 5) is 23.5. The zero-order valence-electron chi connectivity index (χ0n) is 15.2. The molecule has 28 heavy (non-hydrogen) atoms. The molecule has 1 amide bonds. The molecule has 0 saturated carbocycles. The van der Waals surface area contributed by atoms with Gasteiger partial charge in [-0.3, -0.25) is 4.79 Å². The molecule has 1 aromatic heterocycles. The Morgan fingerprint density at radius 1 is 1.11 bits per heavy atom. The van der Waals surface area contributed by atoms with Crippen LogP contribution in [0.2, 0.25) is 0 Å². The average molecular weight is 399 g/mol. The van der Waals surface area contributed by atoms with Gasteiger partial charge in [0.2, 0.25) is 11.8 Å². The number of rotatable bonds is 7. The predicted octanol–water partition coefficient (Wildman–Crippen LogP) is 3.26. The number of nitrogens with zero attached hydrogens (tertiary/aromatic N) is 2. The van der Waals surface area contributed by atoms with E-state index in [1.54, 1.807) is 37.4 Å². The minimum absolute atomic E-state index is 0.0957. The lowest BCUT2D eigenvalue weighted by atomic mass is 10.2. The predicted molar refractivity (Wildman–Crippen MR) is 103 cm³/mol. The van der Waals surface area contributed by atoms with E-state index in [1.165, 1.54) is 7.11 Å². The van der Waals surface area contributed by atoms with Crippen LogP contribution in [0.5, 0.6) is 5.75 Å². The molecular weight excluding hydrogens is 382 g/mol. The number of ether oxygens (including phenoxy) is 2. The van der Waals surface area contributed by atoms with Crippen LogP contribution >= 0.6 is 11.8 Å². The number of nitrogens with one attached hydrogen (secondary N) is 1. The van der Waals surface area contributed by atoms with E-state index in [2.05, 4.69) is 20.3 Å². The van der Waals surface area contributed by atoms with E-state index in [1.807, 2.05) is 18.2 Å². The van der Waals surface area contributed by atoms with Crippen LogP contribution < -0.4 is 10.1 Å². The van der Waals surface area contributed by atoms with Gasteiger partial charge in [0, 0.05) is 11.3 Å². The fourth-order valence-electron chi connectivity index (χ4n) is 2.27. The van der Waals surface area contributed by atoms with E-state index < -0.39 is 5.97 Å². The third-order valence-corrected chi connectivity index (χ3v) is 4.46. The quantitative estimate of drug-likeness (QED) is 0.477. The molecule has 2 aromatic carbocycles. The minimum Gasteiger partial charge on any atom is -0.497 e. The van der Waals surface area contributed by atoms with Gasteiger partial charge >= 0.3 is 5.97 Å². The normalized spacial score (nSPS) is 10.4. The van der Waals surface area contributed by atoms with Crippen LogP contribution in [0.3, 0.4) is 0 Å². The zero-order chi connectivity index (χ0) is 19.9. The summed E-state index contributed by atoms with van der Waals surface area (Å²) in [7, 11) is 2.89. The molecule has 144 valence electrons. The van der Waals surface area contributed by atoms with E-state index in [9.17, 15) is 9.59 Å². The van der Waals surface area contributed by atoms with Crippen molar-refractivity contribution >= 4 is 29.3 Å².